The first kappa shape index (κ1) is 11.9. The highest BCUT2D eigenvalue weighted by molar-refractivity contribution is 7.16. The van der Waals surface area contributed by atoms with Gasteiger partial charge >= 0.3 is 5.97 Å². The van der Waals surface area contributed by atoms with Crippen molar-refractivity contribution in [3.63, 3.8) is 0 Å². The van der Waals surface area contributed by atoms with Crippen molar-refractivity contribution >= 4 is 23.1 Å². The maximum Gasteiger partial charge on any atom is 0.352 e. The molecule has 0 fully saturated rings. The molecule has 17 heavy (non-hydrogen) atoms. The molecule has 1 aliphatic heterocycles. The van der Waals surface area contributed by atoms with Gasteiger partial charge in [-0.2, -0.15) is 0 Å². The van der Waals surface area contributed by atoms with Gasteiger partial charge in [0.15, 0.2) is 22.2 Å². The Hall–Kier alpha value is -1.56. The van der Waals surface area contributed by atoms with Crippen LogP contribution in [0.1, 0.15) is 33.2 Å². The molecule has 2 heterocycles. The number of carbonyl (C=O) groups excluding carboxylic acids is 2. The number of carbonyl (C=O) groups is 2. The third-order valence-electron chi connectivity index (χ3n) is 2.18. The maximum absolute atomic E-state index is 11.7. The highest BCUT2D eigenvalue weighted by Gasteiger charge is 2.30. The second kappa shape index (κ2) is 4.75. The summed E-state index contributed by atoms with van der Waals surface area (Å²) in [7, 11) is 0. The van der Waals surface area contributed by atoms with Gasteiger partial charge in [0.05, 0.1) is 6.61 Å². The van der Waals surface area contributed by atoms with Crippen LogP contribution >= 0.6 is 11.3 Å². The highest BCUT2D eigenvalue weighted by atomic mass is 32.1. The predicted molar refractivity (Wildman–Crippen MR) is 61.3 cm³/mol. The van der Waals surface area contributed by atoms with Crippen molar-refractivity contribution in [3.8, 4) is 11.5 Å². The molecular formula is C11H12O5S. The lowest BCUT2D eigenvalue weighted by molar-refractivity contribution is 0.0523. The molecule has 0 N–H and O–H groups in total. The van der Waals surface area contributed by atoms with Crippen molar-refractivity contribution in [2.24, 2.45) is 0 Å². The van der Waals surface area contributed by atoms with Crippen LogP contribution in [0.4, 0.5) is 0 Å². The van der Waals surface area contributed by atoms with Gasteiger partial charge in [0.1, 0.15) is 18.1 Å². The number of hydrogen-bond donors (Lipinski definition) is 0. The van der Waals surface area contributed by atoms with E-state index in [4.69, 9.17) is 14.2 Å². The van der Waals surface area contributed by atoms with E-state index in [0.29, 0.717) is 34.5 Å². The van der Waals surface area contributed by atoms with Crippen LogP contribution in [0.2, 0.25) is 0 Å². The number of Topliss-reactive ketones (excluding diaryl/α,β-unsaturated/α-hetero) is 1. The molecule has 0 unspecified atom stereocenters. The summed E-state index contributed by atoms with van der Waals surface area (Å²) in [5, 5.41) is 0. The van der Waals surface area contributed by atoms with E-state index in [1.54, 1.807) is 6.92 Å². The van der Waals surface area contributed by atoms with Gasteiger partial charge in [-0.05, 0) is 6.92 Å². The Kier molecular flexibility index (Phi) is 3.33. The number of fused-ring (bicyclic) bond motifs is 1. The molecule has 5 nitrogen and oxygen atoms in total. The number of ketones is 1. The van der Waals surface area contributed by atoms with Crippen LogP contribution in [0, 0.1) is 0 Å². The first-order valence-electron chi connectivity index (χ1n) is 5.25. The normalized spacial score (nSPS) is 13.3. The van der Waals surface area contributed by atoms with E-state index in [1.807, 2.05) is 0 Å². The molecule has 0 aliphatic carbocycles. The molecule has 0 saturated carbocycles. The van der Waals surface area contributed by atoms with E-state index in [1.165, 1.54) is 6.92 Å². The highest BCUT2D eigenvalue weighted by Crippen LogP contribution is 2.44. The fourth-order valence-electron chi connectivity index (χ4n) is 1.51. The summed E-state index contributed by atoms with van der Waals surface area (Å²) in [6.07, 6.45) is 0. The Morgan fingerprint density at radius 3 is 2.35 bits per heavy atom. The number of ether oxygens (including phenoxy) is 3. The van der Waals surface area contributed by atoms with Crippen molar-refractivity contribution in [2.45, 2.75) is 13.8 Å². The molecule has 6 heteroatoms. The number of thiophene rings is 1. The van der Waals surface area contributed by atoms with Gasteiger partial charge in [-0.3, -0.25) is 4.79 Å². The average molecular weight is 256 g/mol. The van der Waals surface area contributed by atoms with Crippen molar-refractivity contribution in [1.29, 1.82) is 0 Å². The second-order valence-corrected chi connectivity index (χ2v) is 4.41. The molecule has 0 amide bonds. The number of hydrogen-bond acceptors (Lipinski definition) is 6. The SMILES string of the molecule is CCOC(=O)c1sc(C(C)=O)c2c1OCCO2. The summed E-state index contributed by atoms with van der Waals surface area (Å²) in [5.41, 5.74) is 0. The van der Waals surface area contributed by atoms with Crippen LogP contribution in [-0.4, -0.2) is 31.6 Å². The molecule has 0 atom stereocenters. The minimum atomic E-state index is -0.480. The zero-order chi connectivity index (χ0) is 12.4. The number of rotatable bonds is 3. The third-order valence-corrected chi connectivity index (χ3v) is 3.41. The molecule has 0 bridgehead atoms. The molecule has 0 aromatic carbocycles. The van der Waals surface area contributed by atoms with Crippen LogP contribution in [0.5, 0.6) is 11.5 Å². The van der Waals surface area contributed by atoms with Crippen LogP contribution in [-0.2, 0) is 4.74 Å². The van der Waals surface area contributed by atoms with Crippen LogP contribution in [0.15, 0.2) is 0 Å². The van der Waals surface area contributed by atoms with Gasteiger partial charge in [-0.15, -0.1) is 11.3 Å². The Morgan fingerprint density at radius 1 is 1.24 bits per heavy atom. The summed E-state index contributed by atoms with van der Waals surface area (Å²) >= 11 is 1.06. The van der Waals surface area contributed by atoms with Gasteiger partial charge in [0.25, 0.3) is 0 Å². The lowest BCUT2D eigenvalue weighted by Crippen LogP contribution is -2.17. The first-order valence-corrected chi connectivity index (χ1v) is 6.07. The fraction of sp³-hybridized carbons (Fsp3) is 0.455. The largest absolute Gasteiger partial charge is 0.484 e. The predicted octanol–water partition coefficient (Wildman–Crippen LogP) is 1.90. The van der Waals surface area contributed by atoms with E-state index >= 15 is 0 Å². The second-order valence-electron chi connectivity index (χ2n) is 3.39. The van der Waals surface area contributed by atoms with Gasteiger partial charge in [0.2, 0.25) is 0 Å². The molecule has 92 valence electrons. The molecule has 1 aromatic heterocycles. The Balaban J connectivity index is 2.45. The summed E-state index contributed by atoms with van der Waals surface area (Å²) in [6, 6.07) is 0. The topological polar surface area (TPSA) is 61.8 Å². The first-order chi connectivity index (χ1) is 8.15. The standard InChI is InChI=1S/C11H12O5S/c1-3-14-11(13)10-8-7(15-4-5-16-8)9(17-10)6(2)12/h3-5H2,1-2H3. The minimum Gasteiger partial charge on any atom is -0.484 e. The Labute approximate surface area is 102 Å². The smallest absolute Gasteiger partial charge is 0.352 e. The monoisotopic (exact) mass is 256 g/mol. The molecule has 2 rings (SSSR count). The zero-order valence-electron chi connectivity index (χ0n) is 9.57. The summed E-state index contributed by atoms with van der Waals surface area (Å²) in [6.45, 7) is 4.18. The van der Waals surface area contributed by atoms with E-state index in [2.05, 4.69) is 0 Å². The molecule has 1 aliphatic rings. The van der Waals surface area contributed by atoms with Crippen LogP contribution in [0.25, 0.3) is 0 Å². The van der Waals surface area contributed by atoms with Gasteiger partial charge in [-0.1, -0.05) is 0 Å². The average Bonchev–Trinajstić information content (AvgIpc) is 2.69. The van der Waals surface area contributed by atoms with Crippen LogP contribution < -0.4 is 9.47 Å². The summed E-state index contributed by atoms with van der Waals surface area (Å²) in [4.78, 5) is 23.8. The summed E-state index contributed by atoms with van der Waals surface area (Å²) in [5.74, 6) is 0.0840. The Bertz CT molecular complexity index is 463. The minimum absolute atomic E-state index is 0.146. The van der Waals surface area contributed by atoms with Gasteiger partial charge < -0.3 is 14.2 Å². The lowest BCUT2D eigenvalue weighted by Gasteiger charge is -2.16. The van der Waals surface area contributed by atoms with Gasteiger partial charge in [0, 0.05) is 6.92 Å². The van der Waals surface area contributed by atoms with E-state index in [0.717, 1.165) is 11.3 Å². The lowest BCUT2D eigenvalue weighted by atomic mass is 10.3. The van der Waals surface area contributed by atoms with E-state index in [-0.39, 0.29) is 12.4 Å². The summed E-state index contributed by atoms with van der Waals surface area (Å²) < 4.78 is 15.7. The zero-order valence-corrected chi connectivity index (χ0v) is 10.4. The van der Waals surface area contributed by atoms with Gasteiger partial charge in [-0.25, -0.2) is 4.79 Å². The molecule has 1 aromatic rings. The van der Waals surface area contributed by atoms with Crippen LogP contribution in [0.3, 0.4) is 0 Å². The van der Waals surface area contributed by atoms with Crippen molar-refractivity contribution in [3.05, 3.63) is 9.75 Å². The Morgan fingerprint density at radius 2 is 1.82 bits per heavy atom. The van der Waals surface area contributed by atoms with E-state index in [9.17, 15) is 9.59 Å². The molecular weight excluding hydrogens is 244 g/mol. The molecule has 0 radical (unpaired) electrons. The van der Waals surface area contributed by atoms with Crippen molar-refractivity contribution in [2.75, 3.05) is 19.8 Å². The van der Waals surface area contributed by atoms with Crippen molar-refractivity contribution in [1.82, 2.24) is 0 Å². The van der Waals surface area contributed by atoms with E-state index < -0.39 is 5.97 Å². The fourth-order valence-corrected chi connectivity index (χ4v) is 2.49. The third kappa shape index (κ3) is 2.12. The van der Waals surface area contributed by atoms with Crippen molar-refractivity contribution < 1.29 is 23.8 Å². The number of esters is 1. The maximum atomic E-state index is 11.7. The quantitative estimate of drug-likeness (QED) is 0.610. The molecule has 0 spiro atoms. The molecule has 0 saturated heterocycles.